The van der Waals surface area contributed by atoms with Crippen molar-refractivity contribution in [3.8, 4) is 0 Å². The first-order valence-corrected chi connectivity index (χ1v) is 4.91. The number of nitrogens with one attached hydrogen (secondary N) is 1. The van der Waals surface area contributed by atoms with Crippen LogP contribution in [0.15, 0.2) is 0 Å². The van der Waals surface area contributed by atoms with Gasteiger partial charge in [0.2, 0.25) is 0 Å². The Hall–Kier alpha value is -0.780. The average Bonchev–Trinajstić information content (AvgIpc) is 1.96. The molecule has 72 valence electrons. The summed E-state index contributed by atoms with van der Waals surface area (Å²) in [5, 5.41) is 2.08. The highest BCUT2D eigenvalue weighted by atomic mass is 32.2. The molecule has 0 atom stereocenters. The third-order valence-electron chi connectivity index (χ3n) is 0.900. The first-order chi connectivity index (χ1) is 5.52. The molecule has 0 aliphatic heterocycles. The fourth-order valence-electron chi connectivity index (χ4n) is 0.422. The maximum absolute atomic E-state index is 10.7. The molecule has 0 aromatic heterocycles. The van der Waals surface area contributed by atoms with E-state index >= 15 is 0 Å². The number of alkyl carbamates (subject to hydrolysis) is 1. The fourth-order valence-corrected chi connectivity index (χ4v) is 0.681. The Morgan fingerprint density at radius 2 is 2.08 bits per heavy atom. The van der Waals surface area contributed by atoms with Crippen LogP contribution in [0.3, 0.4) is 0 Å². The predicted molar refractivity (Wildman–Crippen MR) is 44.5 cm³/mol. The van der Waals surface area contributed by atoms with Crippen molar-refractivity contribution in [2.45, 2.75) is 13.8 Å². The third kappa shape index (κ3) is 7.33. The summed E-state index contributed by atoms with van der Waals surface area (Å²) in [6.45, 7) is 4.07. The number of rotatable bonds is 4. The standard InChI is InChI=1S/C6H13NO4S/c1-5(2)3-11-6(8)7-4-12(9)10/h5,12H,3-4H2,1-2H3,(H,7,8). The van der Waals surface area contributed by atoms with Gasteiger partial charge in [0.05, 0.1) is 6.61 Å². The van der Waals surface area contributed by atoms with Gasteiger partial charge in [-0.3, -0.25) is 0 Å². The number of ether oxygens (including phenoxy) is 1. The zero-order valence-electron chi connectivity index (χ0n) is 7.07. The predicted octanol–water partition coefficient (Wildman–Crippen LogP) is -0.0625. The van der Waals surface area contributed by atoms with E-state index in [1.807, 2.05) is 13.8 Å². The second kappa shape index (κ2) is 5.82. The van der Waals surface area contributed by atoms with E-state index in [4.69, 9.17) is 0 Å². The number of carbonyl (C=O) groups excluding carboxylic acids is 1. The summed E-state index contributed by atoms with van der Waals surface area (Å²) in [4.78, 5) is 10.7. The van der Waals surface area contributed by atoms with Gasteiger partial charge in [-0.15, -0.1) is 0 Å². The van der Waals surface area contributed by atoms with Crippen LogP contribution in [-0.2, 0) is 15.4 Å². The Bertz CT molecular complexity index is 204. The number of hydrogen-bond donors (Lipinski definition) is 2. The minimum Gasteiger partial charge on any atom is -0.449 e. The number of thiol groups is 1. The van der Waals surface area contributed by atoms with Gasteiger partial charge in [0, 0.05) is 0 Å². The summed E-state index contributed by atoms with van der Waals surface area (Å²) in [7, 11) is -2.57. The maximum atomic E-state index is 10.7. The second-order valence-electron chi connectivity index (χ2n) is 2.66. The number of amides is 1. The molecule has 0 aromatic carbocycles. The highest BCUT2D eigenvalue weighted by Crippen LogP contribution is 1.91. The average molecular weight is 195 g/mol. The molecular formula is C6H13NO4S. The molecule has 0 saturated carbocycles. The van der Waals surface area contributed by atoms with Gasteiger partial charge in [0.1, 0.15) is 5.88 Å². The van der Waals surface area contributed by atoms with Crippen LogP contribution >= 0.6 is 0 Å². The van der Waals surface area contributed by atoms with Gasteiger partial charge in [0.25, 0.3) is 0 Å². The number of carbonyl (C=O) groups is 1. The van der Waals surface area contributed by atoms with Gasteiger partial charge in [-0.25, -0.2) is 13.2 Å². The first-order valence-electron chi connectivity index (χ1n) is 3.54. The maximum Gasteiger partial charge on any atom is 0.407 e. The molecule has 0 heterocycles. The van der Waals surface area contributed by atoms with E-state index in [1.54, 1.807) is 0 Å². The minimum atomic E-state index is -2.57. The van der Waals surface area contributed by atoms with Crippen molar-refractivity contribution in [1.29, 1.82) is 0 Å². The van der Waals surface area contributed by atoms with E-state index in [0.717, 1.165) is 0 Å². The van der Waals surface area contributed by atoms with E-state index in [1.165, 1.54) is 0 Å². The smallest absolute Gasteiger partial charge is 0.407 e. The largest absolute Gasteiger partial charge is 0.449 e. The van der Waals surface area contributed by atoms with Crippen LogP contribution in [0.1, 0.15) is 13.8 Å². The lowest BCUT2D eigenvalue weighted by atomic mass is 10.2. The van der Waals surface area contributed by atoms with Crippen molar-refractivity contribution in [3.05, 3.63) is 0 Å². The molecule has 5 nitrogen and oxygen atoms in total. The van der Waals surface area contributed by atoms with Crippen LogP contribution in [0.2, 0.25) is 0 Å². The fraction of sp³-hybridized carbons (Fsp3) is 0.833. The molecule has 0 aliphatic carbocycles. The Balaban J connectivity index is 3.47. The molecule has 12 heavy (non-hydrogen) atoms. The Kier molecular flexibility index (Phi) is 5.44. The van der Waals surface area contributed by atoms with Gasteiger partial charge in [-0.1, -0.05) is 13.8 Å². The zero-order chi connectivity index (χ0) is 9.56. The lowest BCUT2D eigenvalue weighted by Gasteiger charge is -2.06. The molecule has 1 N–H and O–H groups in total. The Morgan fingerprint density at radius 3 is 2.50 bits per heavy atom. The van der Waals surface area contributed by atoms with Crippen molar-refractivity contribution >= 4 is 16.8 Å². The summed E-state index contributed by atoms with van der Waals surface area (Å²) in [5.41, 5.74) is 0. The molecule has 0 aromatic rings. The van der Waals surface area contributed by atoms with Gasteiger partial charge >= 0.3 is 6.09 Å². The van der Waals surface area contributed by atoms with Gasteiger partial charge in [-0.2, -0.15) is 0 Å². The normalized spacial score (nSPS) is 10.3. The van der Waals surface area contributed by atoms with E-state index in [2.05, 4.69) is 10.1 Å². The van der Waals surface area contributed by atoms with Crippen molar-refractivity contribution in [3.63, 3.8) is 0 Å². The zero-order valence-corrected chi connectivity index (χ0v) is 7.97. The lowest BCUT2D eigenvalue weighted by Crippen LogP contribution is -2.27. The quantitative estimate of drug-likeness (QED) is 0.616. The summed E-state index contributed by atoms with van der Waals surface area (Å²) in [6.07, 6.45) is -0.692. The summed E-state index contributed by atoms with van der Waals surface area (Å²) >= 11 is 0. The van der Waals surface area contributed by atoms with E-state index in [9.17, 15) is 13.2 Å². The van der Waals surface area contributed by atoms with Crippen molar-refractivity contribution in [2.75, 3.05) is 12.5 Å². The Morgan fingerprint density at radius 1 is 1.50 bits per heavy atom. The summed E-state index contributed by atoms with van der Waals surface area (Å²) in [5.74, 6) is -0.122. The monoisotopic (exact) mass is 195 g/mol. The molecule has 1 amide bonds. The number of hydrogen-bond acceptors (Lipinski definition) is 4. The minimum absolute atomic E-state index is 0.247. The van der Waals surface area contributed by atoms with Crippen LogP contribution in [-0.4, -0.2) is 27.0 Å². The van der Waals surface area contributed by atoms with Crippen molar-refractivity contribution < 1.29 is 17.9 Å². The van der Waals surface area contributed by atoms with Crippen LogP contribution in [0, 0.1) is 5.92 Å². The molecule has 0 saturated heterocycles. The first kappa shape index (κ1) is 11.2. The van der Waals surface area contributed by atoms with Crippen molar-refractivity contribution in [1.82, 2.24) is 5.32 Å². The molecule has 0 unspecified atom stereocenters. The van der Waals surface area contributed by atoms with Gasteiger partial charge < -0.3 is 10.1 Å². The van der Waals surface area contributed by atoms with Crippen LogP contribution in [0.5, 0.6) is 0 Å². The third-order valence-corrected chi connectivity index (χ3v) is 1.32. The van der Waals surface area contributed by atoms with E-state index in [0.29, 0.717) is 6.61 Å². The SMILES string of the molecule is CC(C)COC(=O)NC[SH](=O)=O. The van der Waals surface area contributed by atoms with E-state index < -0.39 is 16.8 Å². The highest BCUT2D eigenvalue weighted by molar-refractivity contribution is 7.72. The van der Waals surface area contributed by atoms with Crippen LogP contribution in [0.25, 0.3) is 0 Å². The molecule has 0 bridgehead atoms. The molecule has 0 fully saturated rings. The topological polar surface area (TPSA) is 72.5 Å². The molecule has 0 spiro atoms. The molecule has 0 aliphatic rings. The summed E-state index contributed by atoms with van der Waals surface area (Å²) < 4.78 is 24.7. The lowest BCUT2D eigenvalue weighted by molar-refractivity contribution is 0.134. The molecule has 6 heteroatoms. The van der Waals surface area contributed by atoms with Gasteiger partial charge in [0.15, 0.2) is 10.7 Å². The molecular weight excluding hydrogens is 182 g/mol. The molecule has 0 radical (unpaired) electrons. The van der Waals surface area contributed by atoms with E-state index in [-0.39, 0.29) is 11.8 Å². The van der Waals surface area contributed by atoms with Crippen LogP contribution in [0.4, 0.5) is 4.79 Å². The Labute approximate surface area is 73.0 Å². The van der Waals surface area contributed by atoms with Crippen LogP contribution < -0.4 is 5.32 Å². The molecule has 0 rings (SSSR count). The van der Waals surface area contributed by atoms with Gasteiger partial charge in [-0.05, 0) is 5.92 Å². The highest BCUT2D eigenvalue weighted by Gasteiger charge is 2.02. The summed E-state index contributed by atoms with van der Waals surface area (Å²) in [6, 6.07) is 0. The van der Waals surface area contributed by atoms with Crippen molar-refractivity contribution in [2.24, 2.45) is 5.92 Å². The second-order valence-corrected chi connectivity index (χ2v) is 3.64.